The number of rotatable bonds is 3. The maximum absolute atomic E-state index is 11.2. The summed E-state index contributed by atoms with van der Waals surface area (Å²) in [5.41, 5.74) is 8.12. The summed E-state index contributed by atoms with van der Waals surface area (Å²) in [6.07, 6.45) is 4.80. The SMILES string of the molecule is Cc1cc2c(cc1S(N)=O)[N-]C(C)C2.OC[C@@H]1Cc2ccc(-c3ccccn3)cc2C1.[U]. The molecule has 2 aromatic carbocycles. The molecule has 0 saturated carbocycles. The van der Waals surface area contributed by atoms with Crippen molar-refractivity contribution < 1.29 is 40.4 Å². The van der Waals surface area contributed by atoms with Gasteiger partial charge in [-0.3, -0.25) is 4.98 Å². The van der Waals surface area contributed by atoms with E-state index in [4.69, 9.17) is 5.14 Å². The second-order valence-electron chi connectivity index (χ2n) is 8.38. The molecular weight excluding hydrogens is 644 g/mol. The first-order chi connectivity index (χ1) is 14.9. The van der Waals surface area contributed by atoms with Crippen LogP contribution < -0.4 is 5.14 Å². The van der Waals surface area contributed by atoms with Gasteiger partial charge in [-0.2, -0.15) is 0 Å². The first-order valence-electron chi connectivity index (χ1n) is 10.6. The molecule has 3 aromatic rings. The van der Waals surface area contributed by atoms with Gasteiger partial charge in [-0.1, -0.05) is 42.8 Å². The van der Waals surface area contributed by atoms with Crippen molar-refractivity contribution in [3.05, 3.63) is 82.3 Å². The van der Waals surface area contributed by atoms with Gasteiger partial charge in [0.05, 0.1) is 10.6 Å². The van der Waals surface area contributed by atoms with E-state index in [1.807, 2.05) is 43.5 Å². The molecule has 0 spiro atoms. The molecule has 1 aliphatic heterocycles. The number of aryl methyl sites for hydroxylation is 1. The van der Waals surface area contributed by atoms with Gasteiger partial charge in [-0.25, -0.2) is 9.35 Å². The Kier molecular flexibility index (Phi) is 8.71. The minimum absolute atomic E-state index is 0. The molecule has 5 nitrogen and oxygen atoms in total. The van der Waals surface area contributed by atoms with Crippen LogP contribution in [0.2, 0.25) is 0 Å². The van der Waals surface area contributed by atoms with Gasteiger partial charge in [0.25, 0.3) is 0 Å². The van der Waals surface area contributed by atoms with E-state index in [0.29, 0.717) is 16.9 Å². The predicted molar refractivity (Wildman–Crippen MR) is 126 cm³/mol. The number of hydrogen-bond acceptors (Lipinski definition) is 3. The summed E-state index contributed by atoms with van der Waals surface area (Å²) < 4.78 is 11.2. The van der Waals surface area contributed by atoms with Crippen molar-refractivity contribution in [3.8, 4) is 11.3 Å². The van der Waals surface area contributed by atoms with Crippen LogP contribution in [-0.4, -0.2) is 26.9 Å². The maximum atomic E-state index is 11.2. The largest absolute Gasteiger partial charge is 0.681 e. The van der Waals surface area contributed by atoms with Gasteiger partial charge in [0.2, 0.25) is 0 Å². The number of nitrogens with two attached hydrogens (primary N) is 1. The van der Waals surface area contributed by atoms with Gasteiger partial charge in [0.1, 0.15) is 11.0 Å². The van der Waals surface area contributed by atoms with E-state index in [1.54, 1.807) is 0 Å². The second-order valence-corrected chi connectivity index (χ2v) is 9.42. The number of hydrogen-bond donors (Lipinski definition) is 2. The topological polar surface area (TPSA) is 90.3 Å². The summed E-state index contributed by atoms with van der Waals surface area (Å²) >= 11 is 0. The molecule has 1 aliphatic carbocycles. The Morgan fingerprint density at radius 1 is 1.09 bits per heavy atom. The summed E-state index contributed by atoms with van der Waals surface area (Å²) in [4.78, 5) is 5.06. The van der Waals surface area contributed by atoms with Crippen LogP contribution in [0.5, 0.6) is 0 Å². The summed E-state index contributed by atoms with van der Waals surface area (Å²) in [6, 6.07) is 16.7. The Morgan fingerprint density at radius 2 is 1.88 bits per heavy atom. The van der Waals surface area contributed by atoms with Crippen molar-refractivity contribution in [2.75, 3.05) is 6.61 Å². The molecule has 0 bridgehead atoms. The zero-order valence-corrected chi connectivity index (χ0v) is 23.4. The van der Waals surface area contributed by atoms with Gasteiger partial charge in [-0.05, 0) is 67.0 Å². The first kappa shape index (κ1) is 25.1. The normalized spacial score (nSPS) is 19.0. The molecular formula is C25H28N3O2SU-. The van der Waals surface area contributed by atoms with E-state index in [2.05, 4.69) is 35.4 Å². The fourth-order valence-corrected chi connectivity index (χ4v) is 4.97. The zero-order valence-electron chi connectivity index (χ0n) is 18.4. The summed E-state index contributed by atoms with van der Waals surface area (Å²) in [6.45, 7) is 4.30. The number of fused-ring (bicyclic) bond motifs is 2. The number of aromatic nitrogens is 1. The Bertz CT molecular complexity index is 1110. The molecule has 2 heterocycles. The minimum Gasteiger partial charge on any atom is -0.681 e. The third-order valence-electron chi connectivity index (χ3n) is 5.91. The second kappa shape index (κ2) is 11.1. The summed E-state index contributed by atoms with van der Waals surface area (Å²) in [5.74, 6) is 0.406. The molecule has 0 saturated heterocycles. The molecule has 32 heavy (non-hydrogen) atoms. The fraction of sp³-hybridized carbons (Fsp3) is 0.320. The number of aliphatic hydroxyl groups excluding tert-OH is 1. The number of nitrogens with zero attached hydrogens (tertiary/aromatic N) is 2. The molecule has 1 aromatic heterocycles. The van der Waals surface area contributed by atoms with Gasteiger partial charge < -0.3 is 10.4 Å². The molecule has 2 unspecified atom stereocenters. The molecule has 0 radical (unpaired) electrons. The van der Waals surface area contributed by atoms with Crippen molar-refractivity contribution in [2.45, 2.75) is 44.0 Å². The Hall–Kier alpha value is -1.49. The zero-order chi connectivity index (χ0) is 22.0. The van der Waals surface area contributed by atoms with Gasteiger partial charge in [-0.15, -0.1) is 11.7 Å². The smallest absolute Gasteiger partial charge is 0.122 e. The van der Waals surface area contributed by atoms with Crippen LogP contribution in [0.15, 0.2) is 59.6 Å². The van der Waals surface area contributed by atoms with Crippen LogP contribution in [0, 0.1) is 44.0 Å². The number of benzene rings is 2. The number of pyridine rings is 1. The van der Waals surface area contributed by atoms with Crippen LogP contribution in [0.1, 0.15) is 29.2 Å². The van der Waals surface area contributed by atoms with Crippen molar-refractivity contribution in [3.63, 3.8) is 0 Å². The van der Waals surface area contributed by atoms with Crippen molar-refractivity contribution >= 4 is 16.7 Å². The van der Waals surface area contributed by atoms with Crippen LogP contribution in [0.25, 0.3) is 16.6 Å². The summed E-state index contributed by atoms with van der Waals surface area (Å²) in [7, 11) is -1.40. The third kappa shape index (κ3) is 5.70. The molecule has 2 aliphatic rings. The fourth-order valence-electron chi connectivity index (χ4n) is 4.37. The van der Waals surface area contributed by atoms with Crippen LogP contribution in [0.3, 0.4) is 0 Å². The number of aliphatic hydroxyl groups is 1. The average molecular weight is 673 g/mol. The predicted octanol–water partition coefficient (Wildman–Crippen LogP) is 4.38. The molecule has 5 rings (SSSR count). The summed E-state index contributed by atoms with van der Waals surface area (Å²) in [5, 5.41) is 19.0. The van der Waals surface area contributed by atoms with E-state index in [0.717, 1.165) is 36.2 Å². The Morgan fingerprint density at radius 3 is 2.56 bits per heavy atom. The first-order valence-corrected chi connectivity index (χ1v) is 11.8. The van der Waals surface area contributed by atoms with E-state index in [-0.39, 0.29) is 37.7 Å². The molecule has 3 N–H and O–H groups in total. The third-order valence-corrected chi connectivity index (χ3v) is 6.78. The Balaban J connectivity index is 0.000000178. The standard InChI is InChI=1S/C15H15NO.C10H13N2OS.U/c17-10-11-7-12-4-5-13(9-14(12)8-11)15-3-1-2-6-16-15;1-6-3-8-4-7(2)12-9(8)5-10(6)14(11)13;/h1-6,9,11,17H,7-8,10H2;3,5,7H,4,11H2,1-2H3;/q;-1;/t11-;;/m1../s1. The molecule has 3 atom stereocenters. The quantitative estimate of drug-likeness (QED) is 0.433. The molecule has 0 fully saturated rings. The van der Waals surface area contributed by atoms with Crippen molar-refractivity contribution in [2.24, 2.45) is 11.1 Å². The van der Waals surface area contributed by atoms with E-state index >= 15 is 0 Å². The maximum Gasteiger partial charge on any atom is 0.122 e. The van der Waals surface area contributed by atoms with E-state index in [1.165, 1.54) is 22.3 Å². The van der Waals surface area contributed by atoms with E-state index in [9.17, 15) is 9.32 Å². The van der Waals surface area contributed by atoms with Gasteiger partial charge >= 0.3 is 0 Å². The average Bonchev–Trinajstić information content (AvgIpc) is 3.35. The van der Waals surface area contributed by atoms with Crippen molar-refractivity contribution in [1.29, 1.82) is 0 Å². The van der Waals surface area contributed by atoms with Gasteiger partial charge in [0, 0.05) is 49.5 Å². The van der Waals surface area contributed by atoms with Crippen LogP contribution in [-0.2, 0) is 30.2 Å². The van der Waals surface area contributed by atoms with Gasteiger partial charge in [0.15, 0.2) is 0 Å². The molecule has 0 amide bonds. The Labute approximate surface area is 216 Å². The molecule has 166 valence electrons. The minimum atomic E-state index is -1.40. The van der Waals surface area contributed by atoms with E-state index < -0.39 is 11.0 Å². The van der Waals surface area contributed by atoms with Crippen LogP contribution in [0.4, 0.5) is 5.69 Å². The van der Waals surface area contributed by atoms with Crippen LogP contribution >= 0.6 is 0 Å². The van der Waals surface area contributed by atoms with Crippen molar-refractivity contribution in [1.82, 2.24) is 4.98 Å². The molecule has 7 heteroatoms. The monoisotopic (exact) mass is 672 g/mol.